The Bertz CT molecular complexity index is 833. The number of hydrogen-bond acceptors (Lipinski definition) is 7. The zero-order chi connectivity index (χ0) is 19.6. The fourth-order valence-electron chi connectivity index (χ4n) is 3.30. The predicted molar refractivity (Wildman–Crippen MR) is 104 cm³/mol. The van der Waals surface area contributed by atoms with Crippen LogP contribution in [-0.2, 0) is 19.4 Å². The molecule has 2 aliphatic heterocycles. The molecule has 2 aliphatic rings. The van der Waals surface area contributed by atoms with Crippen LogP contribution < -0.4 is 5.32 Å². The third-order valence-electron chi connectivity index (χ3n) is 4.83. The molecule has 0 aliphatic carbocycles. The van der Waals surface area contributed by atoms with Crippen molar-refractivity contribution >= 4 is 38.7 Å². The summed E-state index contributed by atoms with van der Waals surface area (Å²) < 4.78 is 23.4. The summed E-state index contributed by atoms with van der Waals surface area (Å²) >= 11 is 1.63. The topological polar surface area (TPSA) is 99.2 Å². The first-order chi connectivity index (χ1) is 12.8. The minimum absolute atomic E-state index is 0.0517. The van der Waals surface area contributed by atoms with Gasteiger partial charge in [0, 0.05) is 24.3 Å². The molecule has 1 aromatic rings. The second kappa shape index (κ2) is 8.07. The maximum atomic E-state index is 12.6. The fourth-order valence-corrected chi connectivity index (χ4v) is 5.91. The van der Waals surface area contributed by atoms with E-state index in [0.29, 0.717) is 13.0 Å². The molecule has 2 atom stereocenters. The molecular weight excluding hydrogens is 388 g/mol. The van der Waals surface area contributed by atoms with Gasteiger partial charge in [-0.3, -0.25) is 9.59 Å². The van der Waals surface area contributed by atoms with Crippen LogP contribution in [0.1, 0.15) is 30.2 Å². The van der Waals surface area contributed by atoms with Crippen LogP contribution in [0.2, 0.25) is 0 Å². The maximum Gasteiger partial charge on any atom is 0.267 e. The number of sulfone groups is 1. The van der Waals surface area contributed by atoms with Crippen molar-refractivity contribution < 1.29 is 18.0 Å². The Morgan fingerprint density at radius 2 is 2.22 bits per heavy atom. The normalized spacial score (nSPS) is 23.4. The highest BCUT2D eigenvalue weighted by Crippen LogP contribution is 2.24. The summed E-state index contributed by atoms with van der Waals surface area (Å²) in [6.45, 7) is 0.428. The van der Waals surface area contributed by atoms with Crippen molar-refractivity contribution in [2.24, 2.45) is 5.10 Å². The van der Waals surface area contributed by atoms with E-state index in [0.717, 1.165) is 4.88 Å². The number of carbonyl (C=O) groups excluding carboxylic acids is 2. The van der Waals surface area contributed by atoms with Gasteiger partial charge in [-0.15, -0.1) is 11.3 Å². The van der Waals surface area contributed by atoms with Crippen LogP contribution in [-0.4, -0.2) is 74.0 Å². The number of hydrogen-bond donors (Lipinski definition) is 1. The van der Waals surface area contributed by atoms with E-state index in [-0.39, 0.29) is 47.9 Å². The van der Waals surface area contributed by atoms with E-state index in [9.17, 15) is 18.0 Å². The van der Waals surface area contributed by atoms with Crippen molar-refractivity contribution in [3.8, 4) is 0 Å². The standard InChI is InChI=1S/C17H24N4O4S2/c1-20(2)14(15-4-3-8-26-15)10-18-17(23)13-5-6-16(22)21(19-13)12-7-9-27(24,25)11-12/h3-4,8,12,14H,5-7,9-11H2,1-2H3,(H,18,23). The van der Waals surface area contributed by atoms with Gasteiger partial charge >= 0.3 is 0 Å². The quantitative estimate of drug-likeness (QED) is 0.739. The summed E-state index contributed by atoms with van der Waals surface area (Å²) in [5.74, 6) is -0.558. The summed E-state index contributed by atoms with van der Waals surface area (Å²) in [6.07, 6.45) is 0.810. The first kappa shape index (κ1) is 20.0. The second-order valence-electron chi connectivity index (χ2n) is 7.05. The summed E-state index contributed by atoms with van der Waals surface area (Å²) in [7, 11) is 0.778. The number of thiophene rings is 1. The SMILES string of the molecule is CN(C)C(CNC(=O)C1=NN(C2CCS(=O)(=O)C2)C(=O)CC1)c1cccs1. The maximum absolute atomic E-state index is 12.6. The largest absolute Gasteiger partial charge is 0.349 e. The van der Waals surface area contributed by atoms with Crippen molar-refractivity contribution in [2.45, 2.75) is 31.3 Å². The highest BCUT2D eigenvalue weighted by molar-refractivity contribution is 7.91. The Morgan fingerprint density at radius 1 is 1.44 bits per heavy atom. The Balaban J connectivity index is 1.67. The molecule has 0 spiro atoms. The highest BCUT2D eigenvalue weighted by atomic mass is 32.2. The minimum atomic E-state index is -3.13. The number of rotatable bonds is 6. The first-order valence-corrected chi connectivity index (χ1v) is 11.5. The van der Waals surface area contributed by atoms with Crippen LogP contribution in [0.4, 0.5) is 0 Å². The van der Waals surface area contributed by atoms with E-state index in [1.165, 1.54) is 5.01 Å². The molecule has 2 unspecified atom stereocenters. The third-order valence-corrected chi connectivity index (χ3v) is 7.55. The van der Waals surface area contributed by atoms with Gasteiger partial charge in [0.1, 0.15) is 5.71 Å². The molecule has 3 heterocycles. The average molecular weight is 413 g/mol. The molecule has 148 valence electrons. The van der Waals surface area contributed by atoms with Gasteiger partial charge in [0.15, 0.2) is 9.84 Å². The molecule has 1 fully saturated rings. The molecule has 0 bridgehead atoms. The van der Waals surface area contributed by atoms with Gasteiger partial charge in [0.05, 0.1) is 23.6 Å². The van der Waals surface area contributed by atoms with Crippen LogP contribution in [0.25, 0.3) is 0 Å². The van der Waals surface area contributed by atoms with Gasteiger partial charge in [-0.05, 0) is 32.0 Å². The van der Waals surface area contributed by atoms with Crippen LogP contribution in [0.3, 0.4) is 0 Å². The Labute approximate surface area is 163 Å². The van der Waals surface area contributed by atoms with Gasteiger partial charge in [-0.1, -0.05) is 6.07 Å². The lowest BCUT2D eigenvalue weighted by molar-refractivity contribution is -0.133. The van der Waals surface area contributed by atoms with E-state index < -0.39 is 15.9 Å². The third kappa shape index (κ3) is 4.74. The lowest BCUT2D eigenvalue weighted by Gasteiger charge is -2.28. The molecule has 10 heteroatoms. The molecule has 0 aromatic carbocycles. The van der Waals surface area contributed by atoms with Crippen molar-refractivity contribution in [3.63, 3.8) is 0 Å². The molecule has 27 heavy (non-hydrogen) atoms. The van der Waals surface area contributed by atoms with Gasteiger partial charge in [-0.25, -0.2) is 13.4 Å². The molecule has 0 radical (unpaired) electrons. The number of likely N-dealkylation sites (N-methyl/N-ethyl adjacent to an activating group) is 1. The minimum Gasteiger partial charge on any atom is -0.349 e. The zero-order valence-electron chi connectivity index (χ0n) is 15.4. The lowest BCUT2D eigenvalue weighted by Crippen LogP contribution is -2.45. The summed E-state index contributed by atoms with van der Waals surface area (Å²) in [5.41, 5.74) is 0.280. The van der Waals surface area contributed by atoms with E-state index >= 15 is 0 Å². The Morgan fingerprint density at radius 3 is 2.81 bits per heavy atom. The number of amides is 2. The van der Waals surface area contributed by atoms with Crippen LogP contribution in [0.15, 0.2) is 22.6 Å². The van der Waals surface area contributed by atoms with Gasteiger partial charge in [0.2, 0.25) is 5.91 Å². The van der Waals surface area contributed by atoms with Crippen LogP contribution >= 0.6 is 11.3 Å². The van der Waals surface area contributed by atoms with Gasteiger partial charge in [-0.2, -0.15) is 5.10 Å². The van der Waals surface area contributed by atoms with E-state index in [1.54, 1.807) is 11.3 Å². The summed E-state index contributed by atoms with van der Waals surface area (Å²) in [5, 5.41) is 10.3. The highest BCUT2D eigenvalue weighted by Gasteiger charge is 2.37. The van der Waals surface area contributed by atoms with Crippen LogP contribution in [0, 0.1) is 0 Å². The first-order valence-electron chi connectivity index (χ1n) is 8.85. The predicted octanol–water partition coefficient (Wildman–Crippen LogP) is 0.633. The number of hydrazone groups is 1. The number of carbonyl (C=O) groups is 2. The molecule has 2 amide bonds. The summed E-state index contributed by atoms with van der Waals surface area (Å²) in [6, 6.07) is 3.59. The van der Waals surface area contributed by atoms with Gasteiger partial charge < -0.3 is 10.2 Å². The van der Waals surface area contributed by atoms with E-state index in [1.807, 2.05) is 36.5 Å². The molecule has 1 N–H and O–H groups in total. The molecule has 1 aromatic heterocycles. The molecular formula is C17H24N4O4S2. The van der Waals surface area contributed by atoms with E-state index in [2.05, 4.69) is 10.4 Å². The zero-order valence-corrected chi connectivity index (χ0v) is 17.1. The molecule has 1 saturated heterocycles. The number of nitrogens with one attached hydrogen (secondary N) is 1. The van der Waals surface area contributed by atoms with Gasteiger partial charge in [0.25, 0.3) is 5.91 Å². The Kier molecular flexibility index (Phi) is 5.97. The monoisotopic (exact) mass is 412 g/mol. The second-order valence-corrected chi connectivity index (χ2v) is 10.3. The van der Waals surface area contributed by atoms with E-state index in [4.69, 9.17) is 0 Å². The number of nitrogens with zero attached hydrogens (tertiary/aromatic N) is 3. The smallest absolute Gasteiger partial charge is 0.267 e. The van der Waals surface area contributed by atoms with Crippen molar-refractivity contribution in [1.29, 1.82) is 0 Å². The van der Waals surface area contributed by atoms with Crippen molar-refractivity contribution in [1.82, 2.24) is 15.2 Å². The van der Waals surface area contributed by atoms with Crippen molar-refractivity contribution in [3.05, 3.63) is 22.4 Å². The lowest BCUT2D eigenvalue weighted by atomic mass is 10.1. The molecule has 3 rings (SSSR count). The summed E-state index contributed by atoms with van der Waals surface area (Å²) in [4.78, 5) is 27.9. The average Bonchev–Trinajstić information content (AvgIpc) is 3.24. The Hall–Kier alpha value is -1.78. The fraction of sp³-hybridized carbons (Fsp3) is 0.588. The van der Waals surface area contributed by atoms with Crippen molar-refractivity contribution in [2.75, 3.05) is 32.1 Å². The van der Waals surface area contributed by atoms with Crippen LogP contribution in [0.5, 0.6) is 0 Å². The molecule has 8 nitrogen and oxygen atoms in total. The molecule has 0 saturated carbocycles.